The lowest BCUT2D eigenvalue weighted by Gasteiger charge is -2.36. The highest BCUT2D eigenvalue weighted by Crippen LogP contribution is 2.57. The van der Waals surface area contributed by atoms with E-state index in [1.807, 2.05) is 0 Å². The average molecular weight is 613 g/mol. The fourth-order valence-electron chi connectivity index (χ4n) is 9.66. The van der Waals surface area contributed by atoms with Crippen LogP contribution < -0.4 is 4.90 Å². The molecule has 10 rings (SSSR count). The van der Waals surface area contributed by atoms with Gasteiger partial charge in [0.1, 0.15) is 0 Å². The lowest BCUT2D eigenvalue weighted by Crippen LogP contribution is -2.37. The number of nitrogens with zero attached hydrogens (tertiary/aromatic N) is 4. The lowest BCUT2D eigenvalue weighted by molar-refractivity contribution is 0.445. The molecule has 1 aromatic carbocycles. The Hall–Kier alpha value is -4.70. The molecule has 7 aliphatic rings. The highest BCUT2D eigenvalue weighted by atomic mass is 15.3. The molecular formula is C43H40N4. The van der Waals surface area contributed by atoms with Crippen molar-refractivity contribution in [1.29, 1.82) is 0 Å². The minimum Gasteiger partial charge on any atom is -0.335 e. The van der Waals surface area contributed by atoms with Crippen LogP contribution in [0.25, 0.3) is 28.6 Å². The van der Waals surface area contributed by atoms with Crippen molar-refractivity contribution in [2.45, 2.75) is 69.5 Å². The molecule has 3 heterocycles. The van der Waals surface area contributed by atoms with E-state index in [9.17, 15) is 0 Å². The molecule has 47 heavy (non-hydrogen) atoms. The van der Waals surface area contributed by atoms with Gasteiger partial charge in [-0.3, -0.25) is 0 Å². The van der Waals surface area contributed by atoms with Crippen LogP contribution in [0.5, 0.6) is 0 Å². The van der Waals surface area contributed by atoms with Gasteiger partial charge >= 0.3 is 0 Å². The summed E-state index contributed by atoms with van der Waals surface area (Å²) in [5, 5.41) is 1.34. The maximum atomic E-state index is 5.64. The van der Waals surface area contributed by atoms with Gasteiger partial charge in [0, 0.05) is 33.9 Å². The smallest absolute Gasteiger partial charge is 0.227 e. The zero-order valence-electron chi connectivity index (χ0n) is 27.0. The van der Waals surface area contributed by atoms with Crippen molar-refractivity contribution in [3.05, 3.63) is 143 Å². The van der Waals surface area contributed by atoms with Crippen molar-refractivity contribution in [3.63, 3.8) is 0 Å². The number of benzene rings is 1. The van der Waals surface area contributed by atoms with Gasteiger partial charge in [-0.25, -0.2) is 9.97 Å². The van der Waals surface area contributed by atoms with Crippen LogP contribution in [0, 0.1) is 11.8 Å². The van der Waals surface area contributed by atoms with Crippen molar-refractivity contribution < 1.29 is 0 Å². The summed E-state index contributed by atoms with van der Waals surface area (Å²) in [6.45, 7) is 2.33. The van der Waals surface area contributed by atoms with Gasteiger partial charge in [0.05, 0.1) is 35.2 Å². The Morgan fingerprint density at radius 3 is 2.64 bits per heavy atom. The minimum absolute atomic E-state index is 0.117. The van der Waals surface area contributed by atoms with E-state index in [0.29, 0.717) is 17.8 Å². The van der Waals surface area contributed by atoms with Gasteiger partial charge in [-0.05, 0) is 67.7 Å². The largest absolute Gasteiger partial charge is 0.335 e. The molecule has 0 saturated carbocycles. The number of allylic oxidation sites excluding steroid dienone is 13. The van der Waals surface area contributed by atoms with Crippen LogP contribution in [0.3, 0.4) is 0 Å². The number of fused-ring (bicyclic) bond motifs is 9. The molecule has 6 atom stereocenters. The Kier molecular flexibility index (Phi) is 6.22. The molecule has 1 aliphatic heterocycles. The number of hydrogen-bond donors (Lipinski definition) is 0. The van der Waals surface area contributed by atoms with Crippen LogP contribution >= 0.6 is 0 Å². The molecule has 1 saturated heterocycles. The molecule has 3 aromatic rings. The monoisotopic (exact) mass is 612 g/mol. The third kappa shape index (κ3) is 4.06. The summed E-state index contributed by atoms with van der Waals surface area (Å²) in [6, 6.07) is 9.61. The first-order chi connectivity index (χ1) is 23.3. The summed E-state index contributed by atoms with van der Waals surface area (Å²) in [5.74, 6) is 1.97. The number of rotatable bonds is 3. The zero-order chi connectivity index (χ0) is 31.1. The minimum atomic E-state index is 0.117. The normalized spacial score (nSPS) is 29.6. The van der Waals surface area contributed by atoms with Crippen LogP contribution in [-0.2, 0) is 0 Å². The first kappa shape index (κ1) is 27.4. The number of para-hydroxylation sites is 1. The van der Waals surface area contributed by atoms with E-state index < -0.39 is 0 Å². The molecule has 6 unspecified atom stereocenters. The van der Waals surface area contributed by atoms with Gasteiger partial charge in [0.2, 0.25) is 5.95 Å². The zero-order valence-corrected chi connectivity index (χ0v) is 27.0. The van der Waals surface area contributed by atoms with Gasteiger partial charge in [0.15, 0.2) is 0 Å². The van der Waals surface area contributed by atoms with Crippen LogP contribution in [0.15, 0.2) is 114 Å². The SMILES string of the molecule is CC1CC=Cc2nc(N3C4C=CC5=C(CCC=C5)C4C4C=Cc5c(n(C6C=CC=CC6)c6ccccc56)C43)nc(C3=CCCC=C3)c21. The van der Waals surface area contributed by atoms with Gasteiger partial charge < -0.3 is 9.47 Å². The number of hydrogen-bond acceptors (Lipinski definition) is 3. The maximum Gasteiger partial charge on any atom is 0.227 e. The second-order valence-corrected chi connectivity index (χ2v) is 14.2. The third-order valence-corrected chi connectivity index (χ3v) is 11.7. The molecule has 4 heteroatoms. The van der Waals surface area contributed by atoms with E-state index in [0.717, 1.165) is 55.9 Å². The second-order valence-electron chi connectivity index (χ2n) is 14.2. The fraction of sp³-hybridized carbons (Fsp3) is 0.302. The summed E-state index contributed by atoms with van der Waals surface area (Å²) in [7, 11) is 0. The van der Waals surface area contributed by atoms with E-state index >= 15 is 0 Å². The van der Waals surface area contributed by atoms with Gasteiger partial charge in [0.25, 0.3) is 0 Å². The molecule has 6 aliphatic carbocycles. The number of aromatic nitrogens is 3. The molecule has 232 valence electrons. The van der Waals surface area contributed by atoms with E-state index in [-0.39, 0.29) is 18.1 Å². The molecule has 0 amide bonds. The first-order valence-electron chi connectivity index (χ1n) is 17.7. The van der Waals surface area contributed by atoms with Crippen molar-refractivity contribution in [2.24, 2.45) is 11.8 Å². The number of anilines is 1. The topological polar surface area (TPSA) is 34.0 Å². The van der Waals surface area contributed by atoms with E-state index in [4.69, 9.17) is 9.97 Å². The van der Waals surface area contributed by atoms with Gasteiger partial charge in [-0.2, -0.15) is 0 Å². The van der Waals surface area contributed by atoms with Crippen LogP contribution in [0.2, 0.25) is 0 Å². The van der Waals surface area contributed by atoms with Gasteiger partial charge in [-0.1, -0.05) is 116 Å². The van der Waals surface area contributed by atoms with Crippen molar-refractivity contribution in [1.82, 2.24) is 14.5 Å². The first-order valence-corrected chi connectivity index (χ1v) is 17.7. The summed E-state index contributed by atoms with van der Waals surface area (Å²) < 4.78 is 2.67. The fourth-order valence-corrected chi connectivity index (χ4v) is 9.66. The summed E-state index contributed by atoms with van der Waals surface area (Å²) >= 11 is 0. The Bertz CT molecular complexity index is 2110. The van der Waals surface area contributed by atoms with Crippen LogP contribution in [-0.4, -0.2) is 20.6 Å². The summed E-state index contributed by atoms with van der Waals surface area (Å²) in [6.07, 6.45) is 41.7. The molecule has 1 fully saturated rings. The van der Waals surface area contributed by atoms with Crippen molar-refractivity contribution in [3.8, 4) is 0 Å². The Balaban J connectivity index is 1.24. The summed E-state index contributed by atoms with van der Waals surface area (Å²) in [4.78, 5) is 13.8. The Labute approximate surface area is 277 Å². The lowest BCUT2D eigenvalue weighted by atomic mass is 9.72. The van der Waals surface area contributed by atoms with Crippen LogP contribution in [0.4, 0.5) is 5.95 Å². The highest BCUT2D eigenvalue weighted by molar-refractivity contribution is 5.93. The predicted octanol–water partition coefficient (Wildman–Crippen LogP) is 10.1. The average Bonchev–Trinajstić information content (AvgIpc) is 3.65. The molecule has 0 bridgehead atoms. The Morgan fingerprint density at radius 2 is 1.74 bits per heavy atom. The van der Waals surface area contributed by atoms with Gasteiger partial charge in [-0.15, -0.1) is 0 Å². The molecule has 0 radical (unpaired) electrons. The van der Waals surface area contributed by atoms with Crippen molar-refractivity contribution in [2.75, 3.05) is 4.90 Å². The van der Waals surface area contributed by atoms with Crippen LogP contribution in [0.1, 0.15) is 91.7 Å². The molecule has 4 nitrogen and oxygen atoms in total. The standard InChI is InChI=1S/C43H40N4/c1-27-13-12-21-35-38(27)40(29-15-4-2-5-16-29)45-43(44-35)47-37-26-23-28-14-8-9-19-31(28)39(37)34-25-24-33-32-20-10-11-22-36(32)46(41(33)42(34)47)30-17-6-3-7-18-30/h3-4,6-8,10-12,14-17,20-27,30,34,37,39,42H,2,5,9,13,18-19H2,1H3. The maximum absolute atomic E-state index is 5.64. The summed E-state index contributed by atoms with van der Waals surface area (Å²) in [5.41, 5.74) is 11.9. The molecular weight excluding hydrogens is 573 g/mol. The van der Waals surface area contributed by atoms with E-state index in [1.165, 1.54) is 38.9 Å². The molecule has 0 spiro atoms. The molecule has 2 aromatic heterocycles. The van der Waals surface area contributed by atoms with E-state index in [1.54, 1.807) is 5.57 Å². The van der Waals surface area contributed by atoms with Crippen molar-refractivity contribution >= 4 is 34.6 Å². The quantitative estimate of drug-likeness (QED) is 0.295. The Morgan fingerprint density at radius 1 is 0.809 bits per heavy atom. The molecule has 0 N–H and O–H groups in total. The highest BCUT2D eigenvalue weighted by Gasteiger charge is 2.54. The predicted molar refractivity (Wildman–Crippen MR) is 194 cm³/mol. The third-order valence-electron chi connectivity index (χ3n) is 11.7. The second kappa shape index (κ2) is 10.7. The van der Waals surface area contributed by atoms with E-state index in [2.05, 4.69) is 132 Å².